The number of hydrogen-bond donors (Lipinski definition) is 0. The lowest BCUT2D eigenvalue weighted by molar-refractivity contribution is 0.0522. The largest absolute Gasteiger partial charge is 0.490 e. The topological polar surface area (TPSA) is 81.4 Å². The van der Waals surface area contributed by atoms with Gasteiger partial charge in [0.1, 0.15) is 6.61 Å². The minimum Gasteiger partial charge on any atom is -0.490 e. The van der Waals surface area contributed by atoms with Crippen molar-refractivity contribution in [3.8, 4) is 17.6 Å². The smallest absolute Gasteiger partial charge is 0.340 e. The van der Waals surface area contributed by atoms with Gasteiger partial charge in [-0.2, -0.15) is 5.26 Å². The normalized spacial score (nSPS) is 10.4. The zero-order chi connectivity index (χ0) is 20.8. The van der Waals surface area contributed by atoms with E-state index in [1.165, 1.54) is 0 Å². The number of carbonyl (C=O) groups excluding carboxylic acids is 1. The highest BCUT2D eigenvalue weighted by Crippen LogP contribution is 2.30. The Bertz CT molecular complexity index is 1090. The molecule has 0 bridgehead atoms. The van der Waals surface area contributed by atoms with Gasteiger partial charge >= 0.3 is 5.97 Å². The fourth-order valence-corrected chi connectivity index (χ4v) is 3.13. The van der Waals surface area contributed by atoms with Crippen molar-refractivity contribution < 1.29 is 19.0 Å². The summed E-state index contributed by atoms with van der Waals surface area (Å²) in [6.45, 7) is 6.28. The molecule has 3 aromatic rings. The van der Waals surface area contributed by atoms with Crippen molar-refractivity contribution in [2.75, 3.05) is 13.2 Å². The minimum atomic E-state index is -0.424. The number of aryl methyl sites for hydroxylation is 1. The molecule has 0 saturated heterocycles. The number of nitriles is 1. The number of ether oxygens (including phenoxy) is 3. The summed E-state index contributed by atoms with van der Waals surface area (Å²) in [5, 5.41) is 10.00. The number of nitrogens with zero attached hydrogens (tertiary/aromatic N) is 2. The zero-order valence-electron chi connectivity index (χ0n) is 16.7. The van der Waals surface area contributed by atoms with E-state index in [1.54, 1.807) is 25.1 Å². The second kappa shape index (κ2) is 9.07. The van der Waals surface area contributed by atoms with Gasteiger partial charge < -0.3 is 14.2 Å². The summed E-state index contributed by atoms with van der Waals surface area (Å²) < 4.78 is 16.8. The highest BCUT2D eigenvalue weighted by atomic mass is 16.5. The first-order valence-electron chi connectivity index (χ1n) is 9.44. The summed E-state index contributed by atoms with van der Waals surface area (Å²) in [5.41, 5.74) is 2.97. The van der Waals surface area contributed by atoms with E-state index >= 15 is 0 Å². The highest BCUT2D eigenvalue weighted by molar-refractivity contribution is 5.98. The van der Waals surface area contributed by atoms with Gasteiger partial charge in [0, 0.05) is 11.5 Å². The third kappa shape index (κ3) is 4.30. The third-order valence-corrected chi connectivity index (χ3v) is 4.44. The fraction of sp³-hybridized carbons (Fsp3) is 0.261. The maximum Gasteiger partial charge on any atom is 0.340 e. The molecule has 29 heavy (non-hydrogen) atoms. The number of fused-ring (bicyclic) bond motifs is 1. The molecule has 6 nitrogen and oxygen atoms in total. The number of pyridine rings is 1. The maximum absolute atomic E-state index is 12.6. The van der Waals surface area contributed by atoms with Gasteiger partial charge in [-0.3, -0.25) is 0 Å². The number of rotatable bonds is 7. The summed E-state index contributed by atoms with van der Waals surface area (Å²) in [7, 11) is 0. The molecule has 0 saturated carbocycles. The molecule has 148 valence electrons. The summed E-state index contributed by atoms with van der Waals surface area (Å²) in [5.74, 6) is 0.529. The number of para-hydroxylation sites is 1. The van der Waals surface area contributed by atoms with Crippen molar-refractivity contribution in [3.63, 3.8) is 0 Å². The number of hydrogen-bond acceptors (Lipinski definition) is 6. The first-order chi connectivity index (χ1) is 14.1. The Morgan fingerprint density at radius 1 is 1.07 bits per heavy atom. The van der Waals surface area contributed by atoms with E-state index in [9.17, 15) is 4.79 Å². The molecular formula is C23H22N2O4. The molecule has 0 aliphatic carbocycles. The van der Waals surface area contributed by atoms with Gasteiger partial charge in [-0.1, -0.05) is 18.2 Å². The van der Waals surface area contributed by atoms with Gasteiger partial charge in [-0.25, -0.2) is 9.78 Å². The van der Waals surface area contributed by atoms with Gasteiger partial charge in [0.2, 0.25) is 0 Å². The monoisotopic (exact) mass is 390 g/mol. The first-order valence-corrected chi connectivity index (χ1v) is 9.44. The van der Waals surface area contributed by atoms with Crippen LogP contribution in [0.25, 0.3) is 10.9 Å². The number of carbonyl (C=O) groups is 1. The Morgan fingerprint density at radius 2 is 1.86 bits per heavy atom. The molecule has 0 aliphatic heterocycles. The first kappa shape index (κ1) is 20.2. The molecule has 0 fully saturated rings. The molecule has 2 aromatic carbocycles. The van der Waals surface area contributed by atoms with Crippen molar-refractivity contribution in [3.05, 3.63) is 64.8 Å². The SMILES string of the molecule is CCOC(=O)c1c(COc2ccc(C#N)cc2OCC)nc2ccccc2c1C. The van der Waals surface area contributed by atoms with Crippen LogP contribution >= 0.6 is 0 Å². The van der Waals surface area contributed by atoms with Crippen LogP contribution < -0.4 is 9.47 Å². The van der Waals surface area contributed by atoms with E-state index in [0.717, 1.165) is 16.5 Å². The number of aromatic nitrogens is 1. The van der Waals surface area contributed by atoms with Crippen molar-refractivity contribution in [1.82, 2.24) is 4.98 Å². The highest BCUT2D eigenvalue weighted by Gasteiger charge is 2.21. The van der Waals surface area contributed by atoms with Crippen LogP contribution in [0.15, 0.2) is 42.5 Å². The molecule has 0 radical (unpaired) electrons. The fourth-order valence-electron chi connectivity index (χ4n) is 3.13. The molecule has 1 heterocycles. The van der Waals surface area contributed by atoms with E-state index in [-0.39, 0.29) is 13.2 Å². The van der Waals surface area contributed by atoms with E-state index < -0.39 is 5.97 Å². The molecule has 0 unspecified atom stereocenters. The molecule has 0 aliphatic rings. The summed E-state index contributed by atoms with van der Waals surface area (Å²) in [6.07, 6.45) is 0. The van der Waals surface area contributed by atoms with Crippen LogP contribution in [-0.2, 0) is 11.3 Å². The summed E-state index contributed by atoms with van der Waals surface area (Å²) >= 11 is 0. The Morgan fingerprint density at radius 3 is 2.59 bits per heavy atom. The van der Waals surface area contributed by atoms with Crippen molar-refractivity contribution in [2.24, 2.45) is 0 Å². The lowest BCUT2D eigenvalue weighted by Gasteiger charge is -2.16. The van der Waals surface area contributed by atoms with Crippen LogP contribution in [-0.4, -0.2) is 24.2 Å². The van der Waals surface area contributed by atoms with E-state index in [4.69, 9.17) is 19.5 Å². The Kier molecular flexibility index (Phi) is 6.30. The van der Waals surface area contributed by atoms with E-state index in [2.05, 4.69) is 11.1 Å². The molecule has 1 aromatic heterocycles. The maximum atomic E-state index is 12.6. The molecule has 0 atom stereocenters. The molecule has 0 N–H and O–H groups in total. The summed E-state index contributed by atoms with van der Waals surface area (Å²) in [6, 6.07) is 14.7. The van der Waals surface area contributed by atoms with Crippen LogP contribution in [0.1, 0.15) is 41.0 Å². The van der Waals surface area contributed by atoms with Gasteiger partial charge in [0.05, 0.1) is 41.6 Å². The molecule has 0 spiro atoms. The van der Waals surface area contributed by atoms with Crippen molar-refractivity contribution in [1.29, 1.82) is 5.26 Å². The average Bonchev–Trinajstić information content (AvgIpc) is 2.73. The molecular weight excluding hydrogens is 368 g/mol. The zero-order valence-corrected chi connectivity index (χ0v) is 16.7. The lowest BCUT2D eigenvalue weighted by Crippen LogP contribution is -2.14. The van der Waals surface area contributed by atoms with E-state index in [1.807, 2.05) is 38.1 Å². The third-order valence-electron chi connectivity index (χ3n) is 4.44. The van der Waals surface area contributed by atoms with Crippen molar-refractivity contribution in [2.45, 2.75) is 27.4 Å². The van der Waals surface area contributed by atoms with Gasteiger partial charge in [-0.05, 0) is 44.5 Å². The quantitative estimate of drug-likeness (QED) is 0.550. The Labute approximate surface area is 169 Å². The summed E-state index contributed by atoms with van der Waals surface area (Å²) in [4.78, 5) is 17.3. The van der Waals surface area contributed by atoms with Crippen LogP contribution in [0.3, 0.4) is 0 Å². The van der Waals surface area contributed by atoms with Crippen LogP contribution in [0.2, 0.25) is 0 Å². The Hall–Kier alpha value is -3.59. The number of benzene rings is 2. The Balaban J connectivity index is 2.01. The van der Waals surface area contributed by atoms with Gasteiger partial charge in [0.25, 0.3) is 0 Å². The van der Waals surface area contributed by atoms with Crippen molar-refractivity contribution >= 4 is 16.9 Å². The predicted molar refractivity (Wildman–Crippen MR) is 109 cm³/mol. The standard InChI is InChI=1S/C23H22N2O4/c1-4-27-21-12-16(13-24)10-11-20(21)29-14-19-22(23(26)28-5-2)15(3)17-8-6-7-9-18(17)25-19/h6-12H,4-5,14H2,1-3H3. The number of esters is 1. The molecule has 3 rings (SSSR count). The predicted octanol–water partition coefficient (Wildman–Crippen LogP) is 4.57. The second-order valence-electron chi connectivity index (χ2n) is 6.29. The molecule has 6 heteroatoms. The van der Waals surface area contributed by atoms with Gasteiger partial charge in [-0.15, -0.1) is 0 Å². The van der Waals surface area contributed by atoms with Crippen LogP contribution in [0.5, 0.6) is 11.5 Å². The van der Waals surface area contributed by atoms with Crippen LogP contribution in [0.4, 0.5) is 0 Å². The molecule has 0 amide bonds. The van der Waals surface area contributed by atoms with E-state index in [0.29, 0.717) is 34.9 Å². The van der Waals surface area contributed by atoms with Crippen LogP contribution in [0, 0.1) is 18.3 Å². The van der Waals surface area contributed by atoms with Gasteiger partial charge in [0.15, 0.2) is 11.5 Å². The second-order valence-corrected chi connectivity index (χ2v) is 6.29. The average molecular weight is 390 g/mol. The lowest BCUT2D eigenvalue weighted by atomic mass is 10.0. The minimum absolute atomic E-state index is 0.0613.